The minimum absolute atomic E-state index is 0.789. The lowest BCUT2D eigenvalue weighted by Crippen LogP contribution is -1.74. The first kappa shape index (κ1) is 4.84. The molecule has 0 bridgehead atoms. The van der Waals surface area contributed by atoms with Crippen molar-refractivity contribution in [2.45, 2.75) is 6.92 Å². The second kappa shape index (κ2) is 2.12. The largest absolute Gasteiger partial charge is 0.178 e. The first-order chi connectivity index (χ1) is 3.39. The summed E-state index contributed by atoms with van der Waals surface area (Å²) >= 11 is 1.68. The molecule has 2 nitrogen and oxygen atoms in total. The van der Waals surface area contributed by atoms with E-state index in [2.05, 4.69) is 10.2 Å². The number of nitrogens with zero attached hydrogens (tertiary/aromatic N) is 2. The molecule has 0 unspecified atom stereocenters. The molecule has 1 aliphatic heterocycles. The van der Waals surface area contributed by atoms with Gasteiger partial charge in [-0.25, -0.2) is 0 Å². The molecule has 0 amide bonds. The molecule has 0 N–H and O–H groups in total. The molecule has 3 heteroatoms. The first-order valence-corrected chi connectivity index (χ1v) is 3.10. The van der Waals surface area contributed by atoms with Crippen molar-refractivity contribution >= 4 is 11.8 Å². The van der Waals surface area contributed by atoms with Crippen molar-refractivity contribution in [3.05, 3.63) is 11.1 Å². The Balaban J connectivity index is 2.58. The highest BCUT2D eigenvalue weighted by Gasteiger charge is 1.89. The van der Waals surface area contributed by atoms with Gasteiger partial charge in [-0.2, -0.15) is 10.2 Å². The summed E-state index contributed by atoms with van der Waals surface area (Å²) in [7, 11) is 0. The average Bonchev–Trinajstić information content (AvgIpc) is 1.69. The average molecular weight is 114 g/mol. The summed E-state index contributed by atoms with van der Waals surface area (Å²) in [4.78, 5) is 0. The van der Waals surface area contributed by atoms with Gasteiger partial charge in [0.25, 0.3) is 0 Å². The Morgan fingerprint density at radius 2 is 2.71 bits per heavy atom. The highest BCUT2D eigenvalue weighted by atomic mass is 32.2. The molecule has 0 saturated heterocycles. The van der Waals surface area contributed by atoms with Crippen molar-refractivity contribution in [1.82, 2.24) is 0 Å². The van der Waals surface area contributed by atoms with Gasteiger partial charge in [0.05, 0.1) is 5.70 Å². The van der Waals surface area contributed by atoms with Crippen LogP contribution in [0.4, 0.5) is 0 Å². The van der Waals surface area contributed by atoms with E-state index in [1.165, 1.54) is 0 Å². The molecule has 38 valence electrons. The highest BCUT2D eigenvalue weighted by Crippen LogP contribution is 2.13. The molecule has 7 heavy (non-hydrogen) atoms. The van der Waals surface area contributed by atoms with Gasteiger partial charge in [0.15, 0.2) is 0 Å². The third kappa shape index (κ3) is 1.31. The van der Waals surface area contributed by atoms with Crippen LogP contribution in [0, 0.1) is 0 Å². The summed E-state index contributed by atoms with van der Waals surface area (Å²) in [6.07, 6.45) is 0. The van der Waals surface area contributed by atoms with Gasteiger partial charge in [0.2, 0.25) is 0 Å². The summed E-state index contributed by atoms with van der Waals surface area (Å²) in [5.41, 5.74) is 1.01. The van der Waals surface area contributed by atoms with Crippen LogP contribution >= 0.6 is 11.8 Å². The van der Waals surface area contributed by atoms with E-state index >= 15 is 0 Å². The Kier molecular flexibility index (Phi) is 1.46. The SMILES string of the molecule is CC1=CSCN=N1. The Hall–Kier alpha value is -0.310. The molecular formula is C4H6N2S. The maximum absolute atomic E-state index is 3.80. The first-order valence-electron chi connectivity index (χ1n) is 2.05. The van der Waals surface area contributed by atoms with Gasteiger partial charge in [0, 0.05) is 0 Å². The van der Waals surface area contributed by atoms with E-state index in [9.17, 15) is 0 Å². The zero-order valence-electron chi connectivity index (χ0n) is 4.09. The van der Waals surface area contributed by atoms with Crippen molar-refractivity contribution in [2.75, 3.05) is 5.88 Å². The molecule has 0 atom stereocenters. The molecule has 0 saturated carbocycles. The molecule has 0 aromatic rings. The van der Waals surface area contributed by atoms with E-state index in [0.717, 1.165) is 11.6 Å². The van der Waals surface area contributed by atoms with Crippen molar-refractivity contribution in [2.24, 2.45) is 10.2 Å². The predicted octanol–water partition coefficient (Wildman–Crippen LogP) is 2.00. The van der Waals surface area contributed by atoms with Crippen LogP contribution < -0.4 is 0 Å². The molecule has 1 aliphatic rings. The molecule has 0 radical (unpaired) electrons. The van der Waals surface area contributed by atoms with Crippen LogP contribution in [-0.4, -0.2) is 5.88 Å². The third-order valence-electron chi connectivity index (χ3n) is 0.615. The van der Waals surface area contributed by atoms with E-state index in [4.69, 9.17) is 0 Å². The Labute approximate surface area is 46.7 Å². The van der Waals surface area contributed by atoms with Crippen LogP contribution in [0.25, 0.3) is 0 Å². The lowest BCUT2D eigenvalue weighted by molar-refractivity contribution is 1.05. The van der Waals surface area contributed by atoms with Gasteiger partial charge in [0.1, 0.15) is 5.88 Å². The fourth-order valence-corrected chi connectivity index (χ4v) is 0.842. The predicted molar refractivity (Wildman–Crippen MR) is 31.1 cm³/mol. The number of azo groups is 1. The minimum atomic E-state index is 0.789. The van der Waals surface area contributed by atoms with Crippen LogP contribution in [0.5, 0.6) is 0 Å². The molecule has 0 aromatic heterocycles. The fourth-order valence-electron chi connectivity index (χ4n) is 0.355. The third-order valence-corrected chi connectivity index (χ3v) is 1.39. The van der Waals surface area contributed by atoms with Gasteiger partial charge in [-0.15, -0.1) is 11.8 Å². The molecular weight excluding hydrogens is 108 g/mol. The molecule has 0 aromatic carbocycles. The Morgan fingerprint density at radius 3 is 3.00 bits per heavy atom. The number of rotatable bonds is 0. The number of allylic oxidation sites excluding steroid dienone is 1. The second-order valence-corrected chi connectivity index (χ2v) is 2.12. The van der Waals surface area contributed by atoms with E-state index in [-0.39, 0.29) is 0 Å². The van der Waals surface area contributed by atoms with E-state index in [1.54, 1.807) is 11.8 Å². The quantitative estimate of drug-likeness (QED) is 0.472. The van der Waals surface area contributed by atoms with E-state index in [1.807, 2.05) is 12.3 Å². The fraction of sp³-hybridized carbons (Fsp3) is 0.500. The summed E-state index contributed by atoms with van der Waals surface area (Å²) in [5, 5.41) is 9.58. The minimum Gasteiger partial charge on any atom is -0.178 e. The topological polar surface area (TPSA) is 24.7 Å². The van der Waals surface area contributed by atoms with Crippen LogP contribution in [-0.2, 0) is 0 Å². The van der Waals surface area contributed by atoms with E-state index in [0.29, 0.717) is 0 Å². The van der Waals surface area contributed by atoms with E-state index < -0.39 is 0 Å². The number of thioether (sulfide) groups is 1. The molecule has 0 aliphatic carbocycles. The molecule has 0 spiro atoms. The summed E-state index contributed by atoms with van der Waals surface area (Å²) in [6, 6.07) is 0. The number of hydrogen-bond acceptors (Lipinski definition) is 3. The Morgan fingerprint density at radius 1 is 1.86 bits per heavy atom. The monoisotopic (exact) mass is 114 g/mol. The highest BCUT2D eigenvalue weighted by molar-refractivity contribution is 8.02. The van der Waals surface area contributed by atoms with Crippen LogP contribution in [0.1, 0.15) is 6.92 Å². The van der Waals surface area contributed by atoms with Gasteiger partial charge >= 0.3 is 0 Å². The Bertz CT molecular complexity index is 117. The number of hydrogen-bond donors (Lipinski definition) is 0. The van der Waals surface area contributed by atoms with Crippen LogP contribution in [0.2, 0.25) is 0 Å². The maximum Gasteiger partial charge on any atom is 0.110 e. The van der Waals surface area contributed by atoms with Crippen LogP contribution in [0.3, 0.4) is 0 Å². The second-order valence-electron chi connectivity index (χ2n) is 1.30. The van der Waals surface area contributed by atoms with Gasteiger partial charge < -0.3 is 0 Å². The van der Waals surface area contributed by atoms with Gasteiger partial charge in [-0.1, -0.05) is 0 Å². The summed E-state index contributed by atoms with van der Waals surface area (Å²) < 4.78 is 0. The van der Waals surface area contributed by atoms with Crippen molar-refractivity contribution in [3.8, 4) is 0 Å². The standard InChI is InChI=1S/C4H6N2S/c1-4-2-7-3-5-6-4/h2H,3H2,1H3. The molecule has 1 heterocycles. The zero-order valence-corrected chi connectivity index (χ0v) is 4.90. The summed E-state index contributed by atoms with van der Waals surface area (Å²) in [5.74, 6) is 0.789. The normalized spacial score (nSPS) is 19.3. The van der Waals surface area contributed by atoms with Crippen molar-refractivity contribution < 1.29 is 0 Å². The smallest absolute Gasteiger partial charge is 0.110 e. The van der Waals surface area contributed by atoms with Crippen molar-refractivity contribution in [3.63, 3.8) is 0 Å². The summed E-state index contributed by atoms with van der Waals surface area (Å²) in [6.45, 7) is 1.94. The molecule has 0 fully saturated rings. The van der Waals surface area contributed by atoms with Crippen molar-refractivity contribution in [1.29, 1.82) is 0 Å². The lowest BCUT2D eigenvalue weighted by Gasteiger charge is -1.94. The van der Waals surface area contributed by atoms with Crippen LogP contribution in [0.15, 0.2) is 21.3 Å². The van der Waals surface area contributed by atoms with Gasteiger partial charge in [-0.05, 0) is 12.3 Å². The van der Waals surface area contributed by atoms with Gasteiger partial charge in [-0.3, -0.25) is 0 Å². The maximum atomic E-state index is 3.80. The molecule has 1 rings (SSSR count). The lowest BCUT2D eigenvalue weighted by atomic mass is 10.6. The zero-order chi connectivity index (χ0) is 5.11.